The van der Waals surface area contributed by atoms with Crippen LogP contribution in [0.1, 0.15) is 10.4 Å². The summed E-state index contributed by atoms with van der Waals surface area (Å²) in [5.41, 5.74) is -7.86. The third-order valence-corrected chi connectivity index (χ3v) is 2.40. The van der Waals surface area contributed by atoms with Gasteiger partial charge in [0.1, 0.15) is 0 Å². The van der Waals surface area contributed by atoms with E-state index in [4.69, 9.17) is 5.11 Å². The smallest absolute Gasteiger partial charge is 0.444 e. The molecule has 0 radical (unpaired) electrons. The zero-order chi connectivity index (χ0) is 17.4. The zero-order valence-electron chi connectivity index (χ0n) is 9.75. The average Bonchev–Trinajstić information content (AvgIpc) is 2.37. The quantitative estimate of drug-likeness (QED) is 0.289. The molecule has 122 valence electrons. The number of alkyl halides is 4. The molecule has 22 heavy (non-hydrogen) atoms. The first kappa shape index (κ1) is 17.8. The molecule has 0 saturated heterocycles. The van der Waals surface area contributed by atoms with Gasteiger partial charge in [0.05, 0.1) is 4.92 Å². The number of rotatable bonds is 5. The topological polar surface area (TPSA) is 89.7 Å². The minimum Gasteiger partial charge on any atom is -0.477 e. The Morgan fingerprint density at radius 1 is 1.27 bits per heavy atom. The summed E-state index contributed by atoms with van der Waals surface area (Å²) in [6.45, 7) is 0. The fourth-order valence-electron chi connectivity index (χ4n) is 1.26. The van der Waals surface area contributed by atoms with E-state index in [1.54, 1.807) is 0 Å². The van der Waals surface area contributed by atoms with Gasteiger partial charge >= 0.3 is 17.8 Å². The van der Waals surface area contributed by atoms with Gasteiger partial charge in [-0.2, -0.15) is 17.6 Å². The minimum absolute atomic E-state index is 1.79. The maximum atomic E-state index is 13.7. The van der Waals surface area contributed by atoms with Crippen LogP contribution in [0.3, 0.4) is 0 Å². The fraction of sp³-hybridized carbons (Fsp3) is 0.222. The number of benzene rings is 1. The summed E-state index contributed by atoms with van der Waals surface area (Å²) in [7, 11) is 0. The van der Waals surface area contributed by atoms with Crippen molar-refractivity contribution in [3.63, 3.8) is 0 Å². The van der Waals surface area contributed by atoms with Crippen LogP contribution in [0.2, 0.25) is 0 Å². The number of ether oxygens (including phenoxy) is 1. The summed E-state index contributed by atoms with van der Waals surface area (Å²) in [5.74, 6) is -12.6. The number of nitro groups is 1. The maximum absolute atomic E-state index is 13.7. The van der Waals surface area contributed by atoms with Crippen LogP contribution in [0.25, 0.3) is 0 Å². The van der Waals surface area contributed by atoms with Crippen molar-refractivity contribution in [2.75, 3.05) is 0 Å². The summed E-state index contributed by atoms with van der Waals surface area (Å²) in [5, 5.41) is 19.0. The van der Waals surface area contributed by atoms with Crippen LogP contribution in [-0.2, 0) is 0 Å². The second kappa shape index (κ2) is 5.87. The van der Waals surface area contributed by atoms with Crippen LogP contribution in [0.5, 0.6) is 5.75 Å². The highest BCUT2D eigenvalue weighted by molar-refractivity contribution is 6.20. The first-order chi connectivity index (χ1) is 9.91. The monoisotopic (exact) mass is 353 g/mol. The number of halogens is 7. The van der Waals surface area contributed by atoms with E-state index in [9.17, 15) is 41.3 Å². The Balaban J connectivity index is 3.69. The fourth-order valence-corrected chi connectivity index (χ4v) is 1.31. The van der Waals surface area contributed by atoms with Gasteiger partial charge in [-0.15, -0.1) is 0 Å². The second-order valence-electron chi connectivity index (χ2n) is 3.52. The minimum atomic E-state index is -5.07. The van der Waals surface area contributed by atoms with Crippen molar-refractivity contribution in [1.82, 2.24) is 0 Å². The molecule has 6 nitrogen and oxygen atoms in total. The molecular formula is C9H2ClF6NO5. The molecule has 1 aromatic carbocycles. The summed E-state index contributed by atoms with van der Waals surface area (Å²) >= 11 is 4.34. The molecule has 0 aliphatic heterocycles. The molecule has 0 aliphatic rings. The molecule has 0 amide bonds. The van der Waals surface area contributed by atoms with Gasteiger partial charge in [-0.05, 0) is 0 Å². The van der Waals surface area contributed by atoms with Gasteiger partial charge in [0.25, 0.3) is 5.63 Å². The lowest BCUT2D eigenvalue weighted by atomic mass is 10.1. The zero-order valence-corrected chi connectivity index (χ0v) is 10.5. The van der Waals surface area contributed by atoms with Crippen molar-refractivity contribution >= 4 is 23.3 Å². The van der Waals surface area contributed by atoms with Crippen LogP contribution in [0, 0.1) is 27.6 Å². The van der Waals surface area contributed by atoms with Gasteiger partial charge < -0.3 is 9.84 Å². The summed E-state index contributed by atoms with van der Waals surface area (Å²) < 4.78 is 81.7. The first-order valence-corrected chi connectivity index (χ1v) is 5.28. The second-order valence-corrected chi connectivity index (χ2v) is 3.90. The van der Waals surface area contributed by atoms with Crippen LogP contribution in [0.4, 0.5) is 32.0 Å². The van der Waals surface area contributed by atoms with Crippen molar-refractivity contribution in [3.8, 4) is 5.75 Å². The Morgan fingerprint density at radius 3 is 2.14 bits per heavy atom. The number of nitrogens with zero attached hydrogens (tertiary/aromatic N) is 1. The van der Waals surface area contributed by atoms with E-state index in [1.165, 1.54) is 0 Å². The molecule has 0 spiro atoms. The van der Waals surface area contributed by atoms with Crippen molar-refractivity contribution in [1.29, 1.82) is 0 Å². The first-order valence-electron chi connectivity index (χ1n) is 4.84. The van der Waals surface area contributed by atoms with E-state index in [-0.39, 0.29) is 0 Å². The van der Waals surface area contributed by atoms with Crippen molar-refractivity contribution in [2.45, 2.75) is 11.7 Å². The van der Waals surface area contributed by atoms with Crippen molar-refractivity contribution in [2.24, 2.45) is 0 Å². The number of carboxylic acid groups (broad SMARTS) is 1. The molecule has 0 saturated carbocycles. The van der Waals surface area contributed by atoms with Gasteiger partial charge in [0, 0.05) is 0 Å². The van der Waals surface area contributed by atoms with E-state index in [0.29, 0.717) is 0 Å². The van der Waals surface area contributed by atoms with E-state index in [1.807, 2.05) is 0 Å². The normalized spacial score (nSPS) is 12.9. The highest BCUT2D eigenvalue weighted by Crippen LogP contribution is 2.39. The van der Waals surface area contributed by atoms with Crippen LogP contribution in [-0.4, -0.2) is 27.7 Å². The van der Waals surface area contributed by atoms with Crippen molar-refractivity contribution < 1.29 is 45.9 Å². The lowest BCUT2D eigenvalue weighted by Gasteiger charge is -2.19. The molecule has 0 aromatic heterocycles. The molecule has 1 unspecified atom stereocenters. The highest BCUT2D eigenvalue weighted by Gasteiger charge is 2.46. The average molecular weight is 354 g/mol. The molecule has 0 bridgehead atoms. The van der Waals surface area contributed by atoms with Gasteiger partial charge in [-0.25, -0.2) is 13.6 Å². The van der Waals surface area contributed by atoms with E-state index < -0.39 is 57.1 Å². The van der Waals surface area contributed by atoms with Gasteiger partial charge in [0.2, 0.25) is 17.4 Å². The Kier molecular flexibility index (Phi) is 4.75. The number of hydrogen-bond acceptors (Lipinski definition) is 4. The molecule has 1 atom stereocenters. The Hall–Kier alpha value is -2.24. The maximum Gasteiger partial charge on any atom is 0.444 e. The Labute approximate surface area is 121 Å². The molecule has 1 N–H and O–H groups in total. The number of carbonyl (C=O) groups is 1. The molecule has 0 fully saturated rings. The van der Waals surface area contributed by atoms with E-state index in [0.717, 1.165) is 0 Å². The van der Waals surface area contributed by atoms with Crippen LogP contribution in [0.15, 0.2) is 0 Å². The Morgan fingerprint density at radius 2 is 1.77 bits per heavy atom. The third-order valence-electron chi connectivity index (χ3n) is 2.14. The highest BCUT2D eigenvalue weighted by atomic mass is 35.5. The van der Waals surface area contributed by atoms with E-state index in [2.05, 4.69) is 16.3 Å². The molecular weight excluding hydrogens is 352 g/mol. The molecule has 13 heteroatoms. The van der Waals surface area contributed by atoms with Gasteiger partial charge in [0.15, 0.2) is 11.4 Å². The number of hydrogen-bond donors (Lipinski definition) is 1. The van der Waals surface area contributed by atoms with E-state index >= 15 is 0 Å². The van der Waals surface area contributed by atoms with Crippen LogP contribution < -0.4 is 4.74 Å². The molecule has 1 aromatic rings. The number of aromatic carboxylic acids is 1. The van der Waals surface area contributed by atoms with Gasteiger partial charge in [-0.3, -0.25) is 10.1 Å². The lowest BCUT2D eigenvalue weighted by molar-refractivity contribution is -0.388. The standard InChI is InChI=1S/C9H2ClF6NO5/c10-8(14)9(15,16)22-6-2(11)1(7(18)19)5(17(20)21)3(12)4(6)13/h8H,(H,18,19). The lowest BCUT2D eigenvalue weighted by Crippen LogP contribution is -2.34. The number of carboxylic acids is 1. The summed E-state index contributed by atoms with van der Waals surface area (Å²) in [4.78, 5) is 19.4. The SMILES string of the molecule is O=C(O)c1c(F)c(OC(F)(F)C(F)Cl)c(F)c(F)c1[N+](=O)[O-]. The molecule has 0 heterocycles. The predicted molar refractivity (Wildman–Crippen MR) is 56.3 cm³/mol. The predicted octanol–water partition coefficient (Wildman–Crippen LogP) is 3.22. The Bertz CT molecular complexity index is 652. The number of nitro benzene ring substituents is 1. The summed E-state index contributed by atoms with van der Waals surface area (Å²) in [6.07, 6.45) is -5.07. The van der Waals surface area contributed by atoms with Crippen LogP contribution >= 0.6 is 11.6 Å². The third kappa shape index (κ3) is 3.00. The largest absolute Gasteiger partial charge is 0.477 e. The summed E-state index contributed by atoms with van der Waals surface area (Å²) in [6, 6.07) is 0. The van der Waals surface area contributed by atoms with Crippen molar-refractivity contribution in [3.05, 3.63) is 33.1 Å². The van der Waals surface area contributed by atoms with Gasteiger partial charge in [-0.1, -0.05) is 11.6 Å². The molecule has 0 aliphatic carbocycles. The molecule has 1 rings (SSSR count).